The molecule has 3 rings (SSSR count). The summed E-state index contributed by atoms with van der Waals surface area (Å²) in [5.41, 5.74) is 1.30. The lowest BCUT2D eigenvalue weighted by molar-refractivity contribution is -0.123. The van der Waals surface area contributed by atoms with Crippen molar-refractivity contribution in [3.8, 4) is 5.75 Å². The Morgan fingerprint density at radius 1 is 1.08 bits per heavy atom. The van der Waals surface area contributed by atoms with Gasteiger partial charge in [0.2, 0.25) is 0 Å². The highest BCUT2D eigenvalue weighted by Gasteiger charge is 2.35. The molecule has 0 saturated carbocycles. The van der Waals surface area contributed by atoms with E-state index in [1.165, 1.54) is 0 Å². The van der Waals surface area contributed by atoms with Crippen molar-refractivity contribution in [2.45, 2.75) is 13.5 Å². The molecule has 26 heavy (non-hydrogen) atoms. The van der Waals surface area contributed by atoms with Crippen LogP contribution in [0.5, 0.6) is 5.75 Å². The molecular formula is C19H15Cl2NO3S. The van der Waals surface area contributed by atoms with Crippen molar-refractivity contribution in [1.29, 1.82) is 0 Å². The first-order valence-electron chi connectivity index (χ1n) is 7.91. The number of rotatable bonds is 5. The maximum absolute atomic E-state index is 12.7. The van der Waals surface area contributed by atoms with Crippen LogP contribution < -0.4 is 4.74 Å². The van der Waals surface area contributed by atoms with Gasteiger partial charge < -0.3 is 4.74 Å². The van der Waals surface area contributed by atoms with Crippen molar-refractivity contribution >= 4 is 52.2 Å². The van der Waals surface area contributed by atoms with Crippen molar-refractivity contribution in [2.24, 2.45) is 0 Å². The maximum Gasteiger partial charge on any atom is 0.293 e. The molecule has 134 valence electrons. The molecule has 1 heterocycles. The lowest BCUT2D eigenvalue weighted by atomic mass is 10.1. The van der Waals surface area contributed by atoms with Crippen LogP contribution in [-0.2, 0) is 11.3 Å². The molecule has 7 heteroatoms. The summed E-state index contributed by atoms with van der Waals surface area (Å²) < 4.78 is 5.56. The van der Waals surface area contributed by atoms with Crippen LogP contribution in [0.3, 0.4) is 0 Å². The highest BCUT2D eigenvalue weighted by Crippen LogP contribution is 2.36. The van der Waals surface area contributed by atoms with Gasteiger partial charge in [-0.05, 0) is 43.0 Å². The van der Waals surface area contributed by atoms with Crippen molar-refractivity contribution in [1.82, 2.24) is 4.90 Å². The van der Waals surface area contributed by atoms with E-state index in [4.69, 9.17) is 27.9 Å². The van der Waals surface area contributed by atoms with E-state index in [2.05, 4.69) is 0 Å². The van der Waals surface area contributed by atoms with Crippen LogP contribution in [0.2, 0.25) is 10.0 Å². The predicted molar refractivity (Wildman–Crippen MR) is 106 cm³/mol. The van der Waals surface area contributed by atoms with Crippen molar-refractivity contribution < 1.29 is 14.3 Å². The molecule has 0 unspecified atom stereocenters. The molecule has 4 nitrogen and oxygen atoms in total. The van der Waals surface area contributed by atoms with E-state index >= 15 is 0 Å². The van der Waals surface area contributed by atoms with Crippen molar-refractivity contribution in [3.05, 3.63) is 68.5 Å². The zero-order chi connectivity index (χ0) is 18.7. The van der Waals surface area contributed by atoms with Gasteiger partial charge in [0.15, 0.2) is 0 Å². The number of halogens is 2. The first kappa shape index (κ1) is 18.8. The quantitative estimate of drug-likeness (QED) is 0.602. The number of carbonyl (C=O) groups is 2. The largest absolute Gasteiger partial charge is 0.493 e. The number of benzene rings is 2. The monoisotopic (exact) mass is 407 g/mol. The van der Waals surface area contributed by atoms with E-state index in [1.807, 2.05) is 31.2 Å². The molecule has 0 radical (unpaired) electrons. The van der Waals surface area contributed by atoms with Gasteiger partial charge in [0.25, 0.3) is 11.1 Å². The van der Waals surface area contributed by atoms with Gasteiger partial charge in [-0.3, -0.25) is 14.5 Å². The third-order valence-corrected chi connectivity index (χ3v) is 5.37. The lowest BCUT2D eigenvalue weighted by Gasteiger charge is -2.14. The molecule has 0 aliphatic carbocycles. The van der Waals surface area contributed by atoms with E-state index in [-0.39, 0.29) is 17.7 Å². The van der Waals surface area contributed by atoms with Crippen molar-refractivity contribution in [2.75, 3.05) is 6.61 Å². The fourth-order valence-corrected chi connectivity index (χ4v) is 3.85. The molecule has 2 aromatic carbocycles. The van der Waals surface area contributed by atoms with E-state index in [0.29, 0.717) is 32.9 Å². The number of carbonyl (C=O) groups excluding carboxylic acids is 2. The summed E-state index contributed by atoms with van der Waals surface area (Å²) in [5, 5.41) is 0.482. The first-order chi connectivity index (χ1) is 12.5. The molecule has 1 aliphatic rings. The number of hydrogen-bond acceptors (Lipinski definition) is 4. The molecule has 1 saturated heterocycles. The summed E-state index contributed by atoms with van der Waals surface area (Å²) in [6.07, 6.45) is 1.67. The number of hydrogen-bond donors (Lipinski definition) is 0. The van der Waals surface area contributed by atoms with Crippen LogP contribution in [0.15, 0.2) is 47.4 Å². The minimum Gasteiger partial charge on any atom is -0.493 e. The van der Waals surface area contributed by atoms with Crippen LogP contribution >= 0.6 is 35.0 Å². The molecular weight excluding hydrogens is 393 g/mol. The molecule has 1 fully saturated rings. The van der Waals surface area contributed by atoms with Gasteiger partial charge in [-0.25, -0.2) is 0 Å². The van der Waals surface area contributed by atoms with Crippen LogP contribution in [0.25, 0.3) is 6.08 Å². The Hall–Kier alpha value is -1.95. The second-order valence-corrected chi connectivity index (χ2v) is 7.25. The fourth-order valence-electron chi connectivity index (χ4n) is 2.51. The summed E-state index contributed by atoms with van der Waals surface area (Å²) in [6.45, 7) is 2.43. The number of thioether (sulfide) groups is 1. The Morgan fingerprint density at radius 2 is 1.77 bits per heavy atom. The number of amides is 2. The van der Waals surface area contributed by atoms with Gasteiger partial charge in [-0.2, -0.15) is 0 Å². The molecule has 2 aromatic rings. The van der Waals surface area contributed by atoms with Gasteiger partial charge in [-0.15, -0.1) is 0 Å². The van der Waals surface area contributed by atoms with Crippen LogP contribution in [0.1, 0.15) is 18.1 Å². The van der Waals surface area contributed by atoms with Crippen LogP contribution in [-0.4, -0.2) is 22.7 Å². The highest BCUT2D eigenvalue weighted by atomic mass is 35.5. The van der Waals surface area contributed by atoms with Crippen LogP contribution in [0, 0.1) is 0 Å². The number of ether oxygens (including phenoxy) is 1. The van der Waals surface area contributed by atoms with E-state index in [0.717, 1.165) is 22.2 Å². The molecule has 0 spiro atoms. The second kappa shape index (κ2) is 8.16. The predicted octanol–water partition coefficient (Wildman–Crippen LogP) is 5.63. The normalized spacial score (nSPS) is 15.8. The smallest absolute Gasteiger partial charge is 0.293 e. The van der Waals surface area contributed by atoms with Gasteiger partial charge >= 0.3 is 0 Å². The SMILES string of the molecule is CCOc1ccccc1/C=C1/SC(=O)N(Cc2c(Cl)cccc2Cl)C1=O. The zero-order valence-corrected chi connectivity index (χ0v) is 16.2. The average molecular weight is 408 g/mol. The lowest BCUT2D eigenvalue weighted by Crippen LogP contribution is -2.27. The molecule has 0 atom stereocenters. The first-order valence-corrected chi connectivity index (χ1v) is 9.48. The van der Waals surface area contributed by atoms with E-state index in [9.17, 15) is 9.59 Å². The topological polar surface area (TPSA) is 46.6 Å². The molecule has 0 N–H and O–H groups in total. The molecule has 2 amide bonds. The second-order valence-electron chi connectivity index (χ2n) is 5.44. The molecule has 1 aliphatic heterocycles. The molecule has 0 aromatic heterocycles. The Kier molecular flexibility index (Phi) is 5.91. The van der Waals surface area contributed by atoms with E-state index in [1.54, 1.807) is 24.3 Å². The number of para-hydroxylation sites is 1. The summed E-state index contributed by atoms with van der Waals surface area (Å²) in [6, 6.07) is 12.4. The summed E-state index contributed by atoms with van der Waals surface area (Å²) in [7, 11) is 0. The van der Waals surface area contributed by atoms with Gasteiger partial charge in [0.1, 0.15) is 5.75 Å². The third kappa shape index (κ3) is 3.90. The maximum atomic E-state index is 12.7. The van der Waals surface area contributed by atoms with Gasteiger partial charge in [0.05, 0.1) is 18.1 Å². The minimum absolute atomic E-state index is 0.0353. The van der Waals surface area contributed by atoms with Crippen molar-refractivity contribution in [3.63, 3.8) is 0 Å². The van der Waals surface area contributed by atoms with Gasteiger partial charge in [-0.1, -0.05) is 47.5 Å². The summed E-state index contributed by atoms with van der Waals surface area (Å²) >= 11 is 13.2. The Balaban J connectivity index is 1.88. The number of imide groups is 1. The Labute approximate surface area is 165 Å². The summed E-state index contributed by atoms with van der Waals surface area (Å²) in [5.74, 6) is 0.290. The summed E-state index contributed by atoms with van der Waals surface area (Å²) in [4.78, 5) is 26.5. The Morgan fingerprint density at radius 3 is 2.46 bits per heavy atom. The minimum atomic E-state index is -0.373. The average Bonchev–Trinajstić information content (AvgIpc) is 2.87. The van der Waals surface area contributed by atoms with Crippen LogP contribution in [0.4, 0.5) is 4.79 Å². The zero-order valence-electron chi connectivity index (χ0n) is 13.9. The standard InChI is InChI=1S/C19H15Cl2NO3S/c1-2-25-16-9-4-3-6-12(16)10-17-18(23)22(19(24)26-17)11-13-14(20)7-5-8-15(13)21/h3-10H,2,11H2,1H3/b17-10+. The Bertz CT molecular complexity index is 878. The highest BCUT2D eigenvalue weighted by molar-refractivity contribution is 8.18. The third-order valence-electron chi connectivity index (χ3n) is 3.76. The number of nitrogens with zero attached hydrogens (tertiary/aromatic N) is 1. The fraction of sp³-hybridized carbons (Fsp3) is 0.158. The molecule has 0 bridgehead atoms. The van der Waals surface area contributed by atoms with Gasteiger partial charge in [0, 0.05) is 21.2 Å². The van der Waals surface area contributed by atoms with E-state index < -0.39 is 0 Å².